The number of benzene rings is 1. The molecule has 0 aliphatic rings. The fraction of sp³-hybridized carbons (Fsp3) is 0.385. The van der Waals surface area contributed by atoms with Crippen LogP contribution >= 0.6 is 15.9 Å². The van der Waals surface area contributed by atoms with Gasteiger partial charge in [0.1, 0.15) is 0 Å². The highest BCUT2D eigenvalue weighted by molar-refractivity contribution is 9.10. The Balaban J connectivity index is 1.92. The van der Waals surface area contributed by atoms with Gasteiger partial charge >= 0.3 is 6.01 Å². The van der Waals surface area contributed by atoms with Crippen molar-refractivity contribution in [3.8, 4) is 0 Å². The first-order valence-electron chi connectivity index (χ1n) is 6.20. The molecule has 2 rings (SSSR count). The van der Waals surface area contributed by atoms with E-state index in [0.29, 0.717) is 24.4 Å². The SMILES string of the molecule is CC(C)CNCc1nnc(Nc2ccccc2Br)o1. The molecule has 102 valence electrons. The molecule has 2 aromatic rings. The van der Waals surface area contributed by atoms with E-state index in [0.717, 1.165) is 16.7 Å². The van der Waals surface area contributed by atoms with Gasteiger partial charge in [-0.15, -0.1) is 5.10 Å². The maximum atomic E-state index is 5.51. The molecule has 19 heavy (non-hydrogen) atoms. The highest BCUT2D eigenvalue weighted by Gasteiger charge is 2.07. The number of anilines is 2. The molecule has 0 saturated carbocycles. The van der Waals surface area contributed by atoms with Gasteiger partial charge in [0, 0.05) is 4.47 Å². The van der Waals surface area contributed by atoms with Gasteiger partial charge in [0.15, 0.2) is 0 Å². The molecule has 0 fully saturated rings. The Morgan fingerprint density at radius 1 is 1.26 bits per heavy atom. The Kier molecular flexibility index (Phi) is 4.93. The van der Waals surface area contributed by atoms with Crippen molar-refractivity contribution in [2.75, 3.05) is 11.9 Å². The number of nitrogens with zero attached hydrogens (tertiary/aromatic N) is 2. The highest BCUT2D eigenvalue weighted by Crippen LogP contribution is 2.24. The standard InChI is InChI=1S/C13H17BrN4O/c1-9(2)7-15-8-12-17-18-13(19-12)16-11-6-4-3-5-10(11)14/h3-6,9,15H,7-8H2,1-2H3,(H,16,18). The molecule has 0 amide bonds. The molecule has 1 heterocycles. The lowest BCUT2D eigenvalue weighted by Gasteiger charge is -2.04. The number of rotatable bonds is 6. The van der Waals surface area contributed by atoms with Crippen molar-refractivity contribution in [2.45, 2.75) is 20.4 Å². The van der Waals surface area contributed by atoms with Crippen LogP contribution < -0.4 is 10.6 Å². The molecule has 5 nitrogen and oxygen atoms in total. The number of aromatic nitrogens is 2. The van der Waals surface area contributed by atoms with Crippen molar-refractivity contribution in [2.24, 2.45) is 5.92 Å². The number of hydrogen-bond donors (Lipinski definition) is 2. The van der Waals surface area contributed by atoms with Gasteiger partial charge in [-0.1, -0.05) is 31.1 Å². The second-order valence-corrected chi connectivity index (χ2v) is 5.48. The van der Waals surface area contributed by atoms with Crippen LogP contribution in [0.15, 0.2) is 33.2 Å². The predicted octanol–water partition coefficient (Wildman–Crippen LogP) is 3.32. The first-order valence-corrected chi connectivity index (χ1v) is 6.99. The molecule has 1 aromatic heterocycles. The Hall–Kier alpha value is -1.40. The minimum atomic E-state index is 0.397. The van der Waals surface area contributed by atoms with Crippen molar-refractivity contribution >= 4 is 27.6 Å². The maximum absolute atomic E-state index is 5.51. The first kappa shape index (κ1) is 14.0. The smallest absolute Gasteiger partial charge is 0.320 e. The third kappa shape index (κ3) is 4.33. The van der Waals surface area contributed by atoms with Gasteiger partial charge in [-0.05, 0) is 40.5 Å². The number of hydrogen-bond acceptors (Lipinski definition) is 5. The van der Waals surface area contributed by atoms with Crippen LogP contribution in [0.1, 0.15) is 19.7 Å². The van der Waals surface area contributed by atoms with Gasteiger partial charge in [0.05, 0.1) is 12.2 Å². The maximum Gasteiger partial charge on any atom is 0.320 e. The summed E-state index contributed by atoms with van der Waals surface area (Å²) in [6.07, 6.45) is 0. The van der Waals surface area contributed by atoms with Crippen LogP contribution in [0.25, 0.3) is 0 Å². The van der Waals surface area contributed by atoms with E-state index in [1.54, 1.807) is 0 Å². The number of halogens is 1. The molecular weight excluding hydrogens is 308 g/mol. The van der Waals surface area contributed by atoms with Crippen LogP contribution in [0.4, 0.5) is 11.7 Å². The average Bonchev–Trinajstić information content (AvgIpc) is 2.79. The van der Waals surface area contributed by atoms with Crippen molar-refractivity contribution in [1.29, 1.82) is 0 Å². The van der Waals surface area contributed by atoms with Gasteiger partial charge in [-0.2, -0.15) is 0 Å². The molecule has 0 aliphatic carbocycles. The lowest BCUT2D eigenvalue weighted by atomic mass is 10.2. The third-order valence-electron chi connectivity index (χ3n) is 2.41. The zero-order valence-corrected chi connectivity index (χ0v) is 12.6. The Labute approximate surface area is 120 Å². The molecule has 0 unspecified atom stereocenters. The molecule has 0 atom stereocenters. The van der Waals surface area contributed by atoms with Crippen molar-refractivity contribution in [3.63, 3.8) is 0 Å². The molecule has 1 aromatic carbocycles. The molecule has 0 aliphatic heterocycles. The van der Waals surface area contributed by atoms with Crippen LogP contribution in [-0.2, 0) is 6.54 Å². The van der Waals surface area contributed by atoms with E-state index in [4.69, 9.17) is 4.42 Å². The third-order valence-corrected chi connectivity index (χ3v) is 3.10. The summed E-state index contributed by atoms with van der Waals surface area (Å²) in [6, 6.07) is 8.17. The van der Waals surface area contributed by atoms with Gasteiger partial charge in [0.2, 0.25) is 5.89 Å². The van der Waals surface area contributed by atoms with Gasteiger partial charge in [-0.3, -0.25) is 0 Å². The largest absolute Gasteiger partial charge is 0.406 e. The van der Waals surface area contributed by atoms with E-state index in [1.165, 1.54) is 0 Å². The van der Waals surface area contributed by atoms with Gasteiger partial charge in [0.25, 0.3) is 0 Å². The lowest BCUT2D eigenvalue weighted by molar-refractivity contribution is 0.460. The Morgan fingerprint density at radius 3 is 2.79 bits per heavy atom. The quantitative estimate of drug-likeness (QED) is 0.853. The van der Waals surface area contributed by atoms with Crippen LogP contribution in [0, 0.1) is 5.92 Å². The molecule has 0 saturated heterocycles. The summed E-state index contributed by atoms with van der Waals surface area (Å²) in [5.41, 5.74) is 0.896. The topological polar surface area (TPSA) is 63.0 Å². The van der Waals surface area contributed by atoms with Crippen LogP contribution in [0.2, 0.25) is 0 Å². The zero-order valence-electron chi connectivity index (χ0n) is 11.0. The summed E-state index contributed by atoms with van der Waals surface area (Å²) in [5.74, 6) is 1.18. The number of nitrogens with one attached hydrogen (secondary N) is 2. The minimum Gasteiger partial charge on any atom is -0.406 e. The van der Waals surface area contributed by atoms with E-state index < -0.39 is 0 Å². The summed E-state index contributed by atoms with van der Waals surface area (Å²) in [4.78, 5) is 0. The summed E-state index contributed by atoms with van der Waals surface area (Å²) in [5, 5.41) is 14.3. The first-order chi connectivity index (χ1) is 9.15. The van der Waals surface area contributed by atoms with E-state index in [9.17, 15) is 0 Å². The van der Waals surface area contributed by atoms with Crippen LogP contribution in [-0.4, -0.2) is 16.7 Å². The summed E-state index contributed by atoms with van der Waals surface area (Å²) in [7, 11) is 0. The monoisotopic (exact) mass is 324 g/mol. The average molecular weight is 325 g/mol. The Morgan fingerprint density at radius 2 is 2.05 bits per heavy atom. The Bertz CT molecular complexity index is 527. The highest BCUT2D eigenvalue weighted by atomic mass is 79.9. The molecule has 2 N–H and O–H groups in total. The van der Waals surface area contributed by atoms with Crippen molar-refractivity contribution in [3.05, 3.63) is 34.6 Å². The van der Waals surface area contributed by atoms with Gasteiger partial charge in [-0.25, -0.2) is 0 Å². The van der Waals surface area contributed by atoms with E-state index >= 15 is 0 Å². The van der Waals surface area contributed by atoms with Crippen molar-refractivity contribution in [1.82, 2.24) is 15.5 Å². The number of para-hydroxylation sites is 1. The van der Waals surface area contributed by atoms with E-state index in [-0.39, 0.29) is 0 Å². The summed E-state index contributed by atoms with van der Waals surface area (Å²) in [6.45, 7) is 5.82. The predicted molar refractivity (Wildman–Crippen MR) is 78.3 cm³/mol. The molecule has 0 bridgehead atoms. The molecule has 0 spiro atoms. The minimum absolute atomic E-state index is 0.397. The lowest BCUT2D eigenvalue weighted by Crippen LogP contribution is -2.19. The van der Waals surface area contributed by atoms with E-state index in [1.807, 2.05) is 24.3 Å². The van der Waals surface area contributed by atoms with E-state index in [2.05, 4.69) is 50.6 Å². The fourth-order valence-electron chi connectivity index (χ4n) is 1.52. The van der Waals surface area contributed by atoms with Crippen LogP contribution in [0.3, 0.4) is 0 Å². The normalized spacial score (nSPS) is 10.9. The molecule has 6 heteroatoms. The fourth-order valence-corrected chi connectivity index (χ4v) is 1.91. The van der Waals surface area contributed by atoms with Gasteiger partial charge < -0.3 is 15.1 Å². The van der Waals surface area contributed by atoms with Crippen LogP contribution in [0.5, 0.6) is 0 Å². The van der Waals surface area contributed by atoms with Crippen molar-refractivity contribution < 1.29 is 4.42 Å². The second-order valence-electron chi connectivity index (χ2n) is 4.63. The molecule has 0 radical (unpaired) electrons. The summed E-state index contributed by atoms with van der Waals surface area (Å²) < 4.78 is 6.46. The second kappa shape index (κ2) is 6.68. The molecular formula is C13H17BrN4O. The zero-order chi connectivity index (χ0) is 13.7. The summed E-state index contributed by atoms with van der Waals surface area (Å²) >= 11 is 3.45.